The van der Waals surface area contributed by atoms with Crippen LogP contribution < -0.4 is 5.32 Å². The normalized spacial score (nSPS) is 11.1. The summed E-state index contributed by atoms with van der Waals surface area (Å²) in [6.45, 7) is 9.40. The van der Waals surface area contributed by atoms with Crippen LogP contribution in [-0.4, -0.2) is 6.04 Å². The molecule has 3 heteroatoms. The van der Waals surface area contributed by atoms with Crippen LogP contribution in [0.1, 0.15) is 30.5 Å². The van der Waals surface area contributed by atoms with Crippen molar-refractivity contribution in [2.45, 2.75) is 50.1 Å². The minimum absolute atomic E-state index is 0.480. The Labute approximate surface area is 137 Å². The van der Waals surface area contributed by atoms with Gasteiger partial charge < -0.3 is 5.32 Å². The Morgan fingerprint density at radius 3 is 2.38 bits per heavy atom. The Bertz CT molecular complexity index is 623. The van der Waals surface area contributed by atoms with Gasteiger partial charge in [0.25, 0.3) is 0 Å². The molecule has 0 aliphatic carbocycles. The van der Waals surface area contributed by atoms with Crippen molar-refractivity contribution in [3.63, 3.8) is 0 Å². The number of benzene rings is 2. The second-order valence-electron chi connectivity index (χ2n) is 5.67. The van der Waals surface area contributed by atoms with Crippen molar-refractivity contribution >= 4 is 23.4 Å². The third-order valence-electron chi connectivity index (χ3n) is 3.26. The van der Waals surface area contributed by atoms with E-state index >= 15 is 0 Å². The summed E-state index contributed by atoms with van der Waals surface area (Å²) in [5.41, 5.74) is 3.80. The van der Waals surface area contributed by atoms with E-state index in [0.29, 0.717) is 6.04 Å². The average Bonchev–Trinajstić information content (AvgIpc) is 2.42. The van der Waals surface area contributed by atoms with E-state index < -0.39 is 0 Å². The number of rotatable bonds is 5. The maximum atomic E-state index is 6.43. The molecule has 0 radical (unpaired) electrons. The Balaban J connectivity index is 2.13. The van der Waals surface area contributed by atoms with Crippen molar-refractivity contribution in [2.24, 2.45) is 0 Å². The maximum absolute atomic E-state index is 6.43. The van der Waals surface area contributed by atoms with Gasteiger partial charge in [-0.05, 0) is 43.2 Å². The van der Waals surface area contributed by atoms with Gasteiger partial charge in [0.15, 0.2) is 0 Å². The number of nitrogens with one attached hydrogen (secondary N) is 1. The van der Waals surface area contributed by atoms with Gasteiger partial charge in [0, 0.05) is 22.4 Å². The molecule has 0 amide bonds. The number of halogens is 1. The molecule has 0 atom stereocenters. The fourth-order valence-electron chi connectivity index (χ4n) is 2.09. The first kappa shape index (κ1) is 16.4. The molecular weight excluding hydrogens is 298 g/mol. The Morgan fingerprint density at radius 2 is 1.76 bits per heavy atom. The third kappa shape index (κ3) is 4.77. The summed E-state index contributed by atoms with van der Waals surface area (Å²) in [7, 11) is 0. The lowest BCUT2D eigenvalue weighted by molar-refractivity contribution is 0.589. The molecule has 2 aromatic rings. The van der Waals surface area contributed by atoms with Gasteiger partial charge in [-0.2, -0.15) is 0 Å². The number of hydrogen-bond acceptors (Lipinski definition) is 2. The molecule has 2 aromatic carbocycles. The van der Waals surface area contributed by atoms with E-state index in [1.54, 1.807) is 11.8 Å². The van der Waals surface area contributed by atoms with Crippen LogP contribution >= 0.6 is 23.4 Å². The van der Waals surface area contributed by atoms with E-state index in [9.17, 15) is 0 Å². The van der Waals surface area contributed by atoms with Crippen molar-refractivity contribution in [2.75, 3.05) is 0 Å². The second-order valence-corrected chi connectivity index (χ2v) is 7.16. The third-order valence-corrected chi connectivity index (χ3v) is 4.94. The fourth-order valence-corrected chi connectivity index (χ4v) is 3.30. The van der Waals surface area contributed by atoms with E-state index in [0.717, 1.165) is 16.5 Å². The maximum Gasteiger partial charge on any atom is 0.0548 e. The SMILES string of the molecule is Cc1ccc(Sc2ccc(CNC(C)C)cc2Cl)c(C)c1. The minimum Gasteiger partial charge on any atom is -0.310 e. The highest BCUT2D eigenvalue weighted by molar-refractivity contribution is 7.99. The Morgan fingerprint density at radius 1 is 1.05 bits per heavy atom. The molecule has 21 heavy (non-hydrogen) atoms. The molecule has 0 saturated carbocycles. The lowest BCUT2D eigenvalue weighted by Gasteiger charge is -2.11. The van der Waals surface area contributed by atoms with Crippen molar-refractivity contribution in [1.82, 2.24) is 5.32 Å². The molecule has 0 aliphatic rings. The predicted octanol–water partition coefficient (Wildman–Crippen LogP) is 5.61. The van der Waals surface area contributed by atoms with Crippen LogP contribution in [0.5, 0.6) is 0 Å². The zero-order chi connectivity index (χ0) is 15.4. The average molecular weight is 320 g/mol. The molecule has 112 valence electrons. The van der Waals surface area contributed by atoms with Gasteiger partial charge >= 0.3 is 0 Å². The molecule has 1 nitrogen and oxygen atoms in total. The highest BCUT2D eigenvalue weighted by Crippen LogP contribution is 2.35. The van der Waals surface area contributed by atoms with E-state index in [-0.39, 0.29) is 0 Å². The van der Waals surface area contributed by atoms with E-state index in [4.69, 9.17) is 11.6 Å². The lowest BCUT2D eigenvalue weighted by Crippen LogP contribution is -2.21. The minimum atomic E-state index is 0.480. The second kappa shape index (κ2) is 7.35. The zero-order valence-electron chi connectivity index (χ0n) is 13.0. The lowest BCUT2D eigenvalue weighted by atomic mass is 10.2. The summed E-state index contributed by atoms with van der Waals surface area (Å²) in [4.78, 5) is 2.37. The van der Waals surface area contributed by atoms with Crippen LogP contribution in [0.25, 0.3) is 0 Å². The van der Waals surface area contributed by atoms with E-state index in [1.165, 1.54) is 21.6 Å². The van der Waals surface area contributed by atoms with Crippen molar-refractivity contribution in [3.05, 3.63) is 58.1 Å². The quantitative estimate of drug-likeness (QED) is 0.769. The zero-order valence-corrected chi connectivity index (χ0v) is 14.6. The van der Waals surface area contributed by atoms with Crippen molar-refractivity contribution < 1.29 is 0 Å². The van der Waals surface area contributed by atoms with E-state index in [2.05, 4.69) is 69.4 Å². The van der Waals surface area contributed by atoms with Crippen LogP contribution in [0.3, 0.4) is 0 Å². The molecule has 0 bridgehead atoms. The smallest absolute Gasteiger partial charge is 0.0548 e. The molecule has 0 heterocycles. The van der Waals surface area contributed by atoms with Gasteiger partial charge in [0.1, 0.15) is 0 Å². The van der Waals surface area contributed by atoms with Gasteiger partial charge in [0.05, 0.1) is 5.02 Å². The van der Waals surface area contributed by atoms with Gasteiger partial charge in [-0.25, -0.2) is 0 Å². The summed E-state index contributed by atoms with van der Waals surface area (Å²) in [5.74, 6) is 0. The largest absolute Gasteiger partial charge is 0.310 e. The molecular formula is C18H22ClNS. The van der Waals surface area contributed by atoms with Crippen LogP contribution in [-0.2, 0) is 6.54 Å². The topological polar surface area (TPSA) is 12.0 Å². The molecule has 0 spiro atoms. The molecule has 0 unspecified atom stereocenters. The van der Waals surface area contributed by atoms with Crippen LogP contribution in [0.2, 0.25) is 5.02 Å². The predicted molar refractivity (Wildman–Crippen MR) is 93.5 cm³/mol. The van der Waals surface area contributed by atoms with Gasteiger partial charge in [-0.1, -0.05) is 61.0 Å². The molecule has 0 saturated heterocycles. The van der Waals surface area contributed by atoms with Gasteiger partial charge in [-0.15, -0.1) is 0 Å². The van der Waals surface area contributed by atoms with Crippen LogP contribution in [0, 0.1) is 13.8 Å². The van der Waals surface area contributed by atoms with Crippen molar-refractivity contribution in [1.29, 1.82) is 0 Å². The Kier molecular flexibility index (Phi) is 5.74. The summed E-state index contributed by atoms with van der Waals surface area (Å²) < 4.78 is 0. The van der Waals surface area contributed by atoms with Crippen LogP contribution in [0.4, 0.5) is 0 Å². The molecule has 0 fully saturated rings. The first-order chi connectivity index (χ1) is 9.95. The van der Waals surface area contributed by atoms with Gasteiger partial charge in [-0.3, -0.25) is 0 Å². The monoisotopic (exact) mass is 319 g/mol. The first-order valence-electron chi connectivity index (χ1n) is 7.22. The molecule has 2 rings (SSSR count). The summed E-state index contributed by atoms with van der Waals surface area (Å²) in [6.07, 6.45) is 0. The molecule has 1 N–H and O–H groups in total. The highest BCUT2D eigenvalue weighted by atomic mass is 35.5. The summed E-state index contributed by atoms with van der Waals surface area (Å²) in [6, 6.07) is 13.3. The standard InChI is InChI=1S/C18H22ClNS/c1-12(2)20-11-15-6-8-18(16(19)10-15)21-17-7-5-13(3)9-14(17)4/h5-10,12,20H,11H2,1-4H3. The van der Waals surface area contributed by atoms with Crippen LogP contribution in [0.15, 0.2) is 46.2 Å². The number of hydrogen-bond donors (Lipinski definition) is 1. The van der Waals surface area contributed by atoms with Gasteiger partial charge in [0.2, 0.25) is 0 Å². The summed E-state index contributed by atoms with van der Waals surface area (Å²) in [5, 5.41) is 4.23. The molecule has 0 aromatic heterocycles. The number of aryl methyl sites for hydroxylation is 2. The van der Waals surface area contributed by atoms with E-state index in [1.807, 2.05) is 0 Å². The highest BCUT2D eigenvalue weighted by Gasteiger charge is 2.07. The Hall–Kier alpha value is -0.960. The molecule has 0 aliphatic heterocycles. The summed E-state index contributed by atoms with van der Waals surface area (Å²) >= 11 is 8.16. The van der Waals surface area contributed by atoms with Crippen molar-refractivity contribution in [3.8, 4) is 0 Å². The first-order valence-corrected chi connectivity index (χ1v) is 8.42. The fraction of sp³-hybridized carbons (Fsp3) is 0.333.